The van der Waals surface area contributed by atoms with Gasteiger partial charge in [0.05, 0.1) is 0 Å². The fraction of sp³-hybridized carbons (Fsp3) is 1.00. The van der Waals surface area contributed by atoms with Gasteiger partial charge in [0.1, 0.15) is 0 Å². The van der Waals surface area contributed by atoms with Crippen LogP contribution in [0.2, 0.25) is 0 Å². The lowest BCUT2D eigenvalue weighted by molar-refractivity contribution is 0.599. The summed E-state index contributed by atoms with van der Waals surface area (Å²) in [5.74, 6) is 0. The van der Waals surface area contributed by atoms with Crippen molar-refractivity contribution in [1.29, 1.82) is 0 Å². The molecule has 0 bridgehead atoms. The smallest absolute Gasteiger partial charge is 0.0326 e. The first-order valence-corrected chi connectivity index (χ1v) is 15.0. The van der Waals surface area contributed by atoms with Crippen LogP contribution in [0.3, 0.4) is 0 Å². The highest BCUT2D eigenvalue weighted by Crippen LogP contribution is 2.39. The first-order valence-electron chi connectivity index (χ1n) is 13.1. The maximum absolute atomic E-state index is 2.32. The van der Waals surface area contributed by atoms with Crippen molar-refractivity contribution < 1.29 is 0 Å². The molecule has 1 heteroatoms. The third-order valence-corrected chi connectivity index (χ3v) is 8.83. The van der Waals surface area contributed by atoms with Crippen LogP contribution in [0.25, 0.3) is 0 Å². The van der Waals surface area contributed by atoms with Gasteiger partial charge in [0.2, 0.25) is 0 Å². The van der Waals surface area contributed by atoms with Gasteiger partial charge in [0.15, 0.2) is 0 Å². The highest BCUT2D eigenvalue weighted by molar-refractivity contribution is 7.57. The van der Waals surface area contributed by atoms with Crippen molar-refractivity contribution in [2.75, 3.05) is 18.5 Å². The molecule has 0 aliphatic rings. The van der Waals surface area contributed by atoms with Crippen LogP contribution in [0.15, 0.2) is 0 Å². The molecule has 0 N–H and O–H groups in total. The Morgan fingerprint density at radius 2 is 0.519 bits per heavy atom. The molecular weight excluding hydrogens is 343 g/mol. The van der Waals surface area contributed by atoms with Crippen molar-refractivity contribution in [2.24, 2.45) is 0 Å². The largest absolute Gasteiger partial charge is 0.107 e. The van der Waals surface area contributed by atoms with E-state index in [0.29, 0.717) is 7.92 Å². The van der Waals surface area contributed by atoms with Gasteiger partial charge in [0.25, 0.3) is 0 Å². The zero-order valence-corrected chi connectivity index (χ0v) is 20.6. The van der Waals surface area contributed by atoms with Crippen LogP contribution in [0.5, 0.6) is 0 Å². The molecule has 0 aromatic rings. The zero-order chi connectivity index (χ0) is 19.8. The molecule has 0 aliphatic heterocycles. The molecule has 0 aromatic heterocycles. The maximum atomic E-state index is 2.32. The Morgan fingerprint density at radius 1 is 0.296 bits per heavy atom. The SMILES string of the molecule is CCCCCCCCCP(CCCCCCCC)CCCCCCCCC. The molecule has 0 unspecified atom stereocenters. The molecule has 0 saturated heterocycles. The predicted octanol–water partition coefficient (Wildman–Crippen LogP) is 10.3. The Bertz CT molecular complexity index is 233. The van der Waals surface area contributed by atoms with Gasteiger partial charge in [-0.2, -0.15) is 0 Å². The van der Waals surface area contributed by atoms with E-state index in [9.17, 15) is 0 Å². The van der Waals surface area contributed by atoms with E-state index < -0.39 is 0 Å². The number of rotatable bonds is 23. The summed E-state index contributed by atoms with van der Waals surface area (Å²) in [4.78, 5) is 0. The van der Waals surface area contributed by atoms with Crippen molar-refractivity contribution in [1.82, 2.24) is 0 Å². The minimum absolute atomic E-state index is 0.360. The first-order chi connectivity index (χ1) is 13.3. The molecule has 0 fully saturated rings. The highest BCUT2D eigenvalue weighted by atomic mass is 31.1. The standard InChI is InChI=1S/C26H55P/c1-4-7-10-13-16-19-22-25-27(24-21-18-15-12-9-6-3)26-23-20-17-14-11-8-5-2/h4-26H2,1-3H3. The Morgan fingerprint density at radius 3 is 0.778 bits per heavy atom. The van der Waals surface area contributed by atoms with Crippen LogP contribution in [0, 0.1) is 0 Å². The first kappa shape index (κ1) is 27.4. The third-order valence-electron chi connectivity index (χ3n) is 5.98. The number of hydrogen-bond acceptors (Lipinski definition) is 0. The van der Waals surface area contributed by atoms with Crippen LogP contribution in [-0.2, 0) is 0 Å². The van der Waals surface area contributed by atoms with Crippen molar-refractivity contribution in [3.63, 3.8) is 0 Å². The van der Waals surface area contributed by atoms with E-state index >= 15 is 0 Å². The van der Waals surface area contributed by atoms with Gasteiger partial charge >= 0.3 is 0 Å². The lowest BCUT2D eigenvalue weighted by Crippen LogP contribution is -1.97. The van der Waals surface area contributed by atoms with Gasteiger partial charge in [-0.1, -0.05) is 130 Å². The summed E-state index contributed by atoms with van der Waals surface area (Å²) in [6.45, 7) is 6.96. The van der Waals surface area contributed by atoms with Crippen molar-refractivity contribution in [3.8, 4) is 0 Å². The highest BCUT2D eigenvalue weighted by Gasteiger charge is 2.08. The van der Waals surface area contributed by atoms with Gasteiger partial charge in [-0.15, -0.1) is 7.92 Å². The van der Waals surface area contributed by atoms with Crippen molar-refractivity contribution >= 4 is 7.92 Å². The van der Waals surface area contributed by atoms with Gasteiger partial charge in [0, 0.05) is 0 Å². The number of unbranched alkanes of at least 4 members (excludes halogenated alkanes) is 17. The average Bonchev–Trinajstić information content (AvgIpc) is 2.68. The molecule has 0 amide bonds. The van der Waals surface area contributed by atoms with E-state index in [1.165, 1.54) is 128 Å². The zero-order valence-electron chi connectivity index (χ0n) is 19.7. The monoisotopic (exact) mass is 398 g/mol. The van der Waals surface area contributed by atoms with E-state index in [1.807, 2.05) is 0 Å². The second kappa shape index (κ2) is 24.5. The second-order valence-corrected chi connectivity index (χ2v) is 11.5. The molecule has 0 nitrogen and oxygen atoms in total. The predicted molar refractivity (Wildman–Crippen MR) is 131 cm³/mol. The van der Waals surface area contributed by atoms with Gasteiger partial charge < -0.3 is 0 Å². The summed E-state index contributed by atoms with van der Waals surface area (Å²) in [5.41, 5.74) is 0. The van der Waals surface area contributed by atoms with Crippen molar-refractivity contribution in [2.45, 2.75) is 149 Å². The molecule has 0 saturated carbocycles. The molecule has 0 atom stereocenters. The Balaban J connectivity index is 3.78. The number of hydrogen-bond donors (Lipinski definition) is 0. The topological polar surface area (TPSA) is 0 Å². The van der Waals surface area contributed by atoms with E-state index in [0.717, 1.165) is 0 Å². The van der Waals surface area contributed by atoms with Crippen LogP contribution in [0.4, 0.5) is 0 Å². The lowest BCUT2D eigenvalue weighted by atomic mass is 10.1. The van der Waals surface area contributed by atoms with Crippen molar-refractivity contribution in [3.05, 3.63) is 0 Å². The summed E-state index contributed by atoms with van der Waals surface area (Å²) in [5, 5.41) is 0. The fourth-order valence-corrected chi connectivity index (χ4v) is 6.72. The van der Waals surface area contributed by atoms with Gasteiger partial charge in [-0.3, -0.25) is 0 Å². The second-order valence-electron chi connectivity index (χ2n) is 8.85. The molecule has 0 heterocycles. The molecule has 0 spiro atoms. The van der Waals surface area contributed by atoms with E-state index in [2.05, 4.69) is 20.8 Å². The molecule has 164 valence electrons. The molecule has 0 rings (SSSR count). The quantitative estimate of drug-likeness (QED) is 0.119. The van der Waals surface area contributed by atoms with E-state index in [4.69, 9.17) is 0 Å². The Labute approximate surface area is 175 Å². The van der Waals surface area contributed by atoms with Crippen LogP contribution >= 0.6 is 7.92 Å². The lowest BCUT2D eigenvalue weighted by Gasteiger charge is -2.18. The van der Waals surface area contributed by atoms with Crippen LogP contribution in [-0.4, -0.2) is 18.5 Å². The summed E-state index contributed by atoms with van der Waals surface area (Å²) in [6, 6.07) is 0. The van der Waals surface area contributed by atoms with E-state index in [-0.39, 0.29) is 0 Å². The minimum atomic E-state index is 0.360. The fourth-order valence-electron chi connectivity index (χ4n) is 4.04. The third kappa shape index (κ3) is 22.6. The van der Waals surface area contributed by atoms with E-state index in [1.54, 1.807) is 18.5 Å². The summed E-state index contributed by atoms with van der Waals surface area (Å²) in [7, 11) is 0.360. The molecule has 0 aromatic carbocycles. The molecule has 27 heavy (non-hydrogen) atoms. The summed E-state index contributed by atoms with van der Waals surface area (Å²) in [6.07, 6.45) is 34.3. The Kier molecular flexibility index (Phi) is 24.9. The molecular formula is C26H55P. The average molecular weight is 399 g/mol. The van der Waals surface area contributed by atoms with Gasteiger partial charge in [-0.25, -0.2) is 0 Å². The van der Waals surface area contributed by atoms with Crippen LogP contribution in [0.1, 0.15) is 149 Å². The van der Waals surface area contributed by atoms with Gasteiger partial charge in [-0.05, 0) is 37.7 Å². The molecule has 0 radical (unpaired) electrons. The maximum Gasteiger partial charge on any atom is -0.0326 e. The van der Waals surface area contributed by atoms with Crippen LogP contribution < -0.4 is 0 Å². The summed E-state index contributed by atoms with van der Waals surface area (Å²) >= 11 is 0. The molecule has 0 aliphatic carbocycles. The minimum Gasteiger partial charge on any atom is -0.107 e. The summed E-state index contributed by atoms with van der Waals surface area (Å²) < 4.78 is 0. The Hall–Kier alpha value is 0.430. The normalized spacial score (nSPS) is 11.6.